The number of rotatable bonds is 8. The molecule has 4 aromatic rings. The summed E-state index contributed by atoms with van der Waals surface area (Å²) in [6.07, 6.45) is 0.682. The van der Waals surface area contributed by atoms with Gasteiger partial charge in [-0.2, -0.15) is 4.98 Å². The average molecular weight is 407 g/mol. The second-order valence-corrected chi connectivity index (χ2v) is 7.29. The van der Waals surface area contributed by atoms with Crippen molar-refractivity contribution in [1.82, 2.24) is 24.9 Å². The van der Waals surface area contributed by atoms with E-state index in [1.165, 1.54) is 17.3 Å². The first kappa shape index (κ1) is 19.2. The normalized spacial score (nSPS) is 11.0. The molecule has 0 radical (unpaired) electrons. The number of aromatic nitrogens is 5. The van der Waals surface area contributed by atoms with Gasteiger partial charge in [0.1, 0.15) is 11.6 Å². The summed E-state index contributed by atoms with van der Waals surface area (Å²) in [4.78, 5) is 4.26. The molecule has 0 aliphatic rings. The molecule has 0 unspecified atom stereocenters. The van der Waals surface area contributed by atoms with Crippen LogP contribution in [0.4, 0.5) is 0 Å². The van der Waals surface area contributed by atoms with E-state index in [1.807, 2.05) is 49.4 Å². The first-order valence-corrected chi connectivity index (χ1v) is 10.3. The second kappa shape index (κ2) is 8.91. The third kappa shape index (κ3) is 4.65. The number of hydrogen-bond donors (Lipinski definition) is 0. The summed E-state index contributed by atoms with van der Waals surface area (Å²) in [6, 6.07) is 18.2. The van der Waals surface area contributed by atoms with Gasteiger partial charge in [-0.3, -0.25) is 4.57 Å². The molecule has 0 spiro atoms. The van der Waals surface area contributed by atoms with Gasteiger partial charge in [0.25, 0.3) is 0 Å². The minimum atomic E-state index is 0.529. The average Bonchev–Trinajstić information content (AvgIpc) is 3.34. The number of benzene rings is 2. The largest absolute Gasteiger partial charge is 0.494 e. The number of hydrogen-bond acceptors (Lipinski definition) is 7. The van der Waals surface area contributed by atoms with Gasteiger partial charge >= 0.3 is 0 Å². The maximum atomic E-state index is 5.57. The lowest BCUT2D eigenvalue weighted by Crippen LogP contribution is -2.04. The van der Waals surface area contributed by atoms with Crippen LogP contribution >= 0.6 is 11.8 Å². The molecule has 29 heavy (non-hydrogen) atoms. The van der Waals surface area contributed by atoms with Crippen molar-refractivity contribution in [3.63, 3.8) is 0 Å². The Balaban J connectivity index is 1.64. The molecule has 2 aromatic heterocycles. The number of nitrogens with zero attached hydrogens (tertiary/aromatic N) is 5. The van der Waals surface area contributed by atoms with Gasteiger partial charge in [0.15, 0.2) is 11.0 Å². The third-order valence-corrected chi connectivity index (χ3v) is 5.12. The van der Waals surface area contributed by atoms with Crippen molar-refractivity contribution in [1.29, 1.82) is 0 Å². The van der Waals surface area contributed by atoms with E-state index in [9.17, 15) is 0 Å². The fourth-order valence-corrected chi connectivity index (χ4v) is 3.74. The highest BCUT2D eigenvalue weighted by Gasteiger charge is 2.16. The molecule has 8 heteroatoms. The Labute approximate surface area is 173 Å². The van der Waals surface area contributed by atoms with Crippen LogP contribution in [0.15, 0.2) is 64.3 Å². The van der Waals surface area contributed by atoms with E-state index in [0.717, 1.165) is 22.4 Å². The van der Waals surface area contributed by atoms with E-state index in [1.54, 1.807) is 6.92 Å². The maximum Gasteiger partial charge on any atom is 0.237 e. The van der Waals surface area contributed by atoms with Gasteiger partial charge in [0.05, 0.1) is 12.4 Å². The summed E-state index contributed by atoms with van der Waals surface area (Å²) in [5, 5.41) is 13.5. The molecule has 0 saturated carbocycles. The molecular weight excluding hydrogens is 386 g/mol. The molecule has 7 nitrogen and oxygen atoms in total. The van der Waals surface area contributed by atoms with Crippen molar-refractivity contribution >= 4 is 11.8 Å². The van der Waals surface area contributed by atoms with Crippen LogP contribution in [0.1, 0.15) is 30.0 Å². The van der Waals surface area contributed by atoms with Crippen molar-refractivity contribution in [3.05, 3.63) is 77.7 Å². The number of aryl methyl sites for hydroxylation is 1. The van der Waals surface area contributed by atoms with Crippen LogP contribution in [-0.2, 0) is 12.2 Å². The van der Waals surface area contributed by atoms with Crippen molar-refractivity contribution < 1.29 is 9.26 Å². The predicted molar refractivity (Wildman–Crippen MR) is 110 cm³/mol. The fourth-order valence-electron chi connectivity index (χ4n) is 2.93. The van der Waals surface area contributed by atoms with E-state index < -0.39 is 0 Å². The Bertz CT molecular complexity index is 1060. The van der Waals surface area contributed by atoms with E-state index in [4.69, 9.17) is 9.26 Å². The summed E-state index contributed by atoms with van der Waals surface area (Å²) >= 11 is 1.52. The zero-order valence-electron chi connectivity index (χ0n) is 16.3. The first-order chi connectivity index (χ1) is 14.2. The van der Waals surface area contributed by atoms with Gasteiger partial charge in [-0.15, -0.1) is 10.2 Å². The molecule has 0 atom stereocenters. The first-order valence-electron chi connectivity index (χ1n) is 9.36. The van der Waals surface area contributed by atoms with Crippen LogP contribution in [0, 0.1) is 6.92 Å². The van der Waals surface area contributed by atoms with Crippen LogP contribution in [-0.4, -0.2) is 31.5 Å². The van der Waals surface area contributed by atoms with Crippen LogP contribution in [0.3, 0.4) is 0 Å². The Morgan fingerprint density at radius 2 is 1.83 bits per heavy atom. The van der Waals surface area contributed by atoms with Crippen LogP contribution in [0.2, 0.25) is 0 Å². The molecule has 0 aliphatic carbocycles. The van der Waals surface area contributed by atoms with Crippen LogP contribution in [0.25, 0.3) is 5.69 Å². The molecule has 0 aliphatic heterocycles. The van der Waals surface area contributed by atoms with Gasteiger partial charge in [-0.05, 0) is 43.7 Å². The highest BCUT2D eigenvalue weighted by atomic mass is 32.2. The molecule has 0 N–H and O–H groups in total. The smallest absolute Gasteiger partial charge is 0.237 e. The lowest BCUT2D eigenvalue weighted by Gasteiger charge is -2.11. The Hall–Kier alpha value is -3.13. The van der Waals surface area contributed by atoms with Gasteiger partial charge in [0.2, 0.25) is 5.89 Å². The monoisotopic (exact) mass is 407 g/mol. The standard InChI is InChI=1S/C21H21N5O2S/c1-3-27-18-11-9-17(10-12-18)26-19(13-16-7-5-4-6-8-16)23-24-21(26)29-14-20-22-15(2)25-28-20/h4-12H,3,13-14H2,1-2H3. The number of ether oxygens (including phenoxy) is 1. The van der Waals surface area contributed by atoms with Crippen LogP contribution < -0.4 is 4.74 Å². The van der Waals surface area contributed by atoms with E-state index >= 15 is 0 Å². The highest BCUT2D eigenvalue weighted by Crippen LogP contribution is 2.27. The van der Waals surface area contributed by atoms with E-state index in [0.29, 0.717) is 30.5 Å². The number of thioether (sulfide) groups is 1. The van der Waals surface area contributed by atoms with Gasteiger partial charge in [-0.1, -0.05) is 47.3 Å². The summed E-state index contributed by atoms with van der Waals surface area (Å²) in [6.45, 7) is 4.41. The summed E-state index contributed by atoms with van der Waals surface area (Å²) < 4.78 is 12.9. The topological polar surface area (TPSA) is 78.9 Å². The third-order valence-electron chi connectivity index (χ3n) is 4.21. The molecule has 4 rings (SSSR count). The molecular formula is C21H21N5O2S. The van der Waals surface area contributed by atoms with Gasteiger partial charge in [-0.25, -0.2) is 0 Å². The molecule has 148 valence electrons. The minimum absolute atomic E-state index is 0.529. The van der Waals surface area contributed by atoms with Crippen molar-refractivity contribution in [2.24, 2.45) is 0 Å². The van der Waals surface area contributed by atoms with Crippen LogP contribution in [0.5, 0.6) is 5.75 Å². The van der Waals surface area contributed by atoms with Gasteiger partial charge < -0.3 is 9.26 Å². The fraction of sp³-hybridized carbons (Fsp3) is 0.238. The zero-order chi connectivity index (χ0) is 20.1. The van der Waals surface area contributed by atoms with Crippen molar-refractivity contribution in [2.75, 3.05) is 6.61 Å². The summed E-state index contributed by atoms with van der Waals surface area (Å²) in [5.74, 6) is 3.42. The zero-order valence-corrected chi connectivity index (χ0v) is 17.1. The second-order valence-electron chi connectivity index (χ2n) is 6.35. The Kier molecular flexibility index (Phi) is 5.90. The maximum absolute atomic E-state index is 5.57. The molecule has 2 aromatic carbocycles. The van der Waals surface area contributed by atoms with E-state index in [2.05, 4.69) is 37.0 Å². The Morgan fingerprint density at radius 1 is 1.03 bits per heavy atom. The minimum Gasteiger partial charge on any atom is -0.494 e. The molecule has 0 fully saturated rings. The lowest BCUT2D eigenvalue weighted by molar-refractivity contribution is 0.340. The quantitative estimate of drug-likeness (QED) is 0.404. The molecule has 0 amide bonds. The van der Waals surface area contributed by atoms with Gasteiger partial charge in [0, 0.05) is 12.1 Å². The molecule has 0 bridgehead atoms. The molecule has 0 saturated heterocycles. The summed E-state index contributed by atoms with van der Waals surface area (Å²) in [7, 11) is 0. The van der Waals surface area contributed by atoms with Crippen molar-refractivity contribution in [3.8, 4) is 11.4 Å². The molecule has 2 heterocycles. The lowest BCUT2D eigenvalue weighted by atomic mass is 10.1. The van der Waals surface area contributed by atoms with Crippen molar-refractivity contribution in [2.45, 2.75) is 31.2 Å². The highest BCUT2D eigenvalue weighted by molar-refractivity contribution is 7.98. The summed E-state index contributed by atoms with van der Waals surface area (Å²) in [5.41, 5.74) is 2.16. The SMILES string of the molecule is CCOc1ccc(-n2c(Cc3ccccc3)nnc2SCc2nc(C)no2)cc1. The van der Waals surface area contributed by atoms with E-state index in [-0.39, 0.29) is 0 Å². The Morgan fingerprint density at radius 3 is 2.52 bits per heavy atom. The predicted octanol–water partition coefficient (Wildman–Crippen LogP) is 4.24.